The highest BCUT2D eigenvalue weighted by Gasteiger charge is 2.11. The maximum atomic E-state index is 12.1. The zero-order valence-corrected chi connectivity index (χ0v) is 16.6. The summed E-state index contributed by atoms with van der Waals surface area (Å²) in [7, 11) is -3.17. The lowest BCUT2D eigenvalue weighted by Crippen LogP contribution is -2.26. The highest BCUT2D eigenvalue weighted by atomic mass is 35.5. The van der Waals surface area contributed by atoms with Crippen LogP contribution in [0, 0.1) is 0 Å². The van der Waals surface area contributed by atoms with Crippen molar-refractivity contribution >= 4 is 27.3 Å². The normalized spacial score (nSPS) is 11.1. The number of rotatable bonds is 11. The fourth-order valence-corrected chi connectivity index (χ4v) is 4.02. The number of amides is 1. The first-order valence-corrected chi connectivity index (χ1v) is 11.0. The van der Waals surface area contributed by atoms with Crippen molar-refractivity contribution < 1.29 is 17.9 Å². The number of carbonyl (C=O) groups is 1. The van der Waals surface area contributed by atoms with E-state index in [0.717, 1.165) is 5.56 Å². The Bertz CT molecular complexity index is 808. The zero-order chi connectivity index (χ0) is 19.5. The lowest BCUT2D eigenvalue weighted by atomic mass is 10.2. The molecule has 2 aromatic rings. The quantitative estimate of drug-likeness (QED) is 0.575. The molecule has 7 heteroatoms. The third-order valence-electron chi connectivity index (χ3n) is 3.81. The van der Waals surface area contributed by atoms with E-state index in [1.807, 2.05) is 18.2 Å². The molecule has 0 aliphatic heterocycles. The highest BCUT2D eigenvalue weighted by molar-refractivity contribution is 7.90. The van der Waals surface area contributed by atoms with E-state index < -0.39 is 9.84 Å². The van der Waals surface area contributed by atoms with Gasteiger partial charge in [0.05, 0.1) is 18.1 Å². The van der Waals surface area contributed by atoms with E-state index in [0.29, 0.717) is 43.2 Å². The average molecular weight is 410 g/mol. The summed E-state index contributed by atoms with van der Waals surface area (Å²) in [6.45, 7) is 0.783. The molecule has 0 radical (unpaired) electrons. The number of hydrogen-bond donors (Lipinski definition) is 1. The Balaban J connectivity index is 1.55. The summed E-state index contributed by atoms with van der Waals surface area (Å²) >= 11 is 5.80. The van der Waals surface area contributed by atoms with E-state index in [1.54, 1.807) is 36.4 Å². The van der Waals surface area contributed by atoms with Crippen molar-refractivity contribution in [2.24, 2.45) is 0 Å². The van der Waals surface area contributed by atoms with E-state index >= 15 is 0 Å². The summed E-state index contributed by atoms with van der Waals surface area (Å²) in [4.78, 5) is 11.8. The molecule has 0 aromatic heterocycles. The van der Waals surface area contributed by atoms with Crippen LogP contribution in [-0.4, -0.2) is 33.2 Å². The lowest BCUT2D eigenvalue weighted by Gasteiger charge is -2.08. The monoisotopic (exact) mass is 409 g/mol. The molecule has 5 nitrogen and oxygen atoms in total. The predicted octanol–water partition coefficient (Wildman–Crippen LogP) is 3.62. The van der Waals surface area contributed by atoms with Crippen molar-refractivity contribution in [1.29, 1.82) is 0 Å². The predicted molar refractivity (Wildman–Crippen MR) is 108 cm³/mol. The molecule has 0 atom stereocenters. The van der Waals surface area contributed by atoms with Gasteiger partial charge in [0.1, 0.15) is 5.75 Å². The fourth-order valence-electron chi connectivity index (χ4n) is 2.46. The van der Waals surface area contributed by atoms with Crippen LogP contribution < -0.4 is 10.1 Å². The van der Waals surface area contributed by atoms with Crippen molar-refractivity contribution in [2.75, 3.05) is 18.9 Å². The molecule has 0 heterocycles. The van der Waals surface area contributed by atoms with Crippen LogP contribution in [-0.2, 0) is 20.4 Å². The van der Waals surface area contributed by atoms with Gasteiger partial charge in [0.2, 0.25) is 5.91 Å². The minimum absolute atomic E-state index is 0.0316. The molecule has 2 rings (SSSR count). The van der Waals surface area contributed by atoms with Crippen molar-refractivity contribution in [3.05, 3.63) is 65.2 Å². The Morgan fingerprint density at radius 1 is 1.00 bits per heavy atom. The summed E-state index contributed by atoms with van der Waals surface area (Å²) in [5.74, 6) is 0.699. The number of benzene rings is 2. The van der Waals surface area contributed by atoms with Crippen LogP contribution in [0.5, 0.6) is 5.75 Å². The van der Waals surface area contributed by atoms with Gasteiger partial charge >= 0.3 is 0 Å². The van der Waals surface area contributed by atoms with Gasteiger partial charge in [0.25, 0.3) is 0 Å². The second-order valence-electron chi connectivity index (χ2n) is 6.19. The highest BCUT2D eigenvalue weighted by Crippen LogP contribution is 2.15. The fraction of sp³-hybridized carbons (Fsp3) is 0.350. The largest absolute Gasteiger partial charge is 0.494 e. The molecule has 0 aliphatic carbocycles. The van der Waals surface area contributed by atoms with Crippen LogP contribution in [0.1, 0.15) is 24.8 Å². The average Bonchev–Trinajstić information content (AvgIpc) is 2.64. The number of halogens is 1. The van der Waals surface area contributed by atoms with Crippen molar-refractivity contribution in [3.8, 4) is 5.75 Å². The molecule has 27 heavy (non-hydrogen) atoms. The first kappa shape index (κ1) is 21.3. The second kappa shape index (κ2) is 10.9. The smallest absolute Gasteiger partial charge is 0.220 e. The van der Waals surface area contributed by atoms with E-state index in [9.17, 15) is 13.2 Å². The molecule has 0 bridgehead atoms. The number of sulfone groups is 1. The van der Waals surface area contributed by atoms with Gasteiger partial charge in [0, 0.05) is 18.0 Å². The molecule has 1 N–H and O–H groups in total. The molecule has 0 spiro atoms. The van der Waals surface area contributed by atoms with Gasteiger partial charge in [-0.15, -0.1) is 0 Å². The summed E-state index contributed by atoms with van der Waals surface area (Å²) in [5.41, 5.74) is 0.780. The zero-order valence-electron chi connectivity index (χ0n) is 15.1. The van der Waals surface area contributed by atoms with Gasteiger partial charge in [-0.3, -0.25) is 4.79 Å². The van der Waals surface area contributed by atoms with Crippen LogP contribution in [0.3, 0.4) is 0 Å². The van der Waals surface area contributed by atoms with E-state index in [2.05, 4.69) is 5.32 Å². The molecule has 0 saturated heterocycles. The van der Waals surface area contributed by atoms with Crippen molar-refractivity contribution in [3.63, 3.8) is 0 Å². The summed E-state index contributed by atoms with van der Waals surface area (Å²) in [6.07, 6.45) is 1.33. The first-order chi connectivity index (χ1) is 12.9. The minimum Gasteiger partial charge on any atom is -0.494 e. The minimum atomic E-state index is -3.17. The number of nitrogens with one attached hydrogen (secondary N) is 1. The second-order valence-corrected chi connectivity index (χ2v) is 8.81. The number of hydrogen-bond acceptors (Lipinski definition) is 4. The number of ether oxygens (including phenoxy) is 1. The Morgan fingerprint density at radius 3 is 2.41 bits per heavy atom. The van der Waals surface area contributed by atoms with E-state index in [-0.39, 0.29) is 17.4 Å². The topological polar surface area (TPSA) is 72.5 Å². The van der Waals surface area contributed by atoms with Crippen LogP contribution in [0.15, 0.2) is 54.6 Å². The van der Waals surface area contributed by atoms with E-state index in [4.69, 9.17) is 16.3 Å². The standard InChI is InChI=1S/C20H24ClNO4S/c21-18-9-11-19(12-10-18)26-14-4-8-20(23)22-13-5-15-27(24,25)16-17-6-2-1-3-7-17/h1-3,6-7,9-12H,4-5,8,13-16H2,(H,22,23). The molecular formula is C20H24ClNO4S. The van der Waals surface area contributed by atoms with Crippen LogP contribution in [0.2, 0.25) is 5.02 Å². The molecule has 0 unspecified atom stereocenters. The Kier molecular flexibility index (Phi) is 8.61. The molecule has 0 saturated carbocycles. The van der Waals surface area contributed by atoms with Crippen LogP contribution in [0.4, 0.5) is 0 Å². The third-order valence-corrected chi connectivity index (χ3v) is 5.75. The molecule has 2 aromatic carbocycles. The van der Waals surface area contributed by atoms with E-state index in [1.165, 1.54) is 0 Å². The van der Waals surface area contributed by atoms with Gasteiger partial charge < -0.3 is 10.1 Å². The maximum Gasteiger partial charge on any atom is 0.220 e. The van der Waals surface area contributed by atoms with Gasteiger partial charge in [-0.1, -0.05) is 41.9 Å². The maximum absolute atomic E-state index is 12.1. The molecule has 1 amide bonds. The van der Waals surface area contributed by atoms with Crippen LogP contribution >= 0.6 is 11.6 Å². The number of carbonyl (C=O) groups excluding carboxylic acids is 1. The summed E-state index contributed by atoms with van der Waals surface area (Å²) < 4.78 is 29.7. The SMILES string of the molecule is O=C(CCCOc1ccc(Cl)cc1)NCCCS(=O)(=O)Cc1ccccc1. The molecule has 0 fully saturated rings. The summed E-state index contributed by atoms with van der Waals surface area (Å²) in [5, 5.41) is 3.39. The molecule has 146 valence electrons. The molecular weight excluding hydrogens is 386 g/mol. The van der Waals surface area contributed by atoms with Crippen molar-refractivity contribution in [2.45, 2.75) is 25.0 Å². The van der Waals surface area contributed by atoms with Gasteiger partial charge in [-0.25, -0.2) is 8.42 Å². The van der Waals surface area contributed by atoms with Crippen molar-refractivity contribution in [1.82, 2.24) is 5.32 Å². The Labute approximate surface area is 165 Å². The first-order valence-electron chi connectivity index (χ1n) is 8.84. The summed E-state index contributed by atoms with van der Waals surface area (Å²) in [6, 6.07) is 16.1. The van der Waals surface area contributed by atoms with Gasteiger partial charge in [0.15, 0.2) is 9.84 Å². The molecule has 0 aliphatic rings. The van der Waals surface area contributed by atoms with Gasteiger partial charge in [-0.05, 0) is 42.7 Å². The van der Waals surface area contributed by atoms with Crippen LogP contribution in [0.25, 0.3) is 0 Å². The lowest BCUT2D eigenvalue weighted by molar-refractivity contribution is -0.121. The van der Waals surface area contributed by atoms with Gasteiger partial charge in [-0.2, -0.15) is 0 Å². The Morgan fingerprint density at radius 2 is 1.70 bits per heavy atom. The Hall–Kier alpha value is -2.05. The third kappa shape index (κ3) is 8.93.